The number of carboxylic acid groups (broad SMARTS) is 2. The highest BCUT2D eigenvalue weighted by Crippen LogP contribution is 2.11. The summed E-state index contributed by atoms with van der Waals surface area (Å²) in [6.45, 7) is 5.27. The molecule has 0 saturated heterocycles. The number of carbonyl (C=O) groups is 1. The van der Waals surface area contributed by atoms with E-state index in [9.17, 15) is 0 Å². The molecule has 0 radical (unpaired) electrons. The summed E-state index contributed by atoms with van der Waals surface area (Å²) in [5.41, 5.74) is 0. The van der Waals surface area contributed by atoms with Gasteiger partial charge in [0.1, 0.15) is 0 Å². The lowest BCUT2D eigenvalue weighted by molar-refractivity contribution is 0.137. The Balaban J connectivity index is -0.000000641. The second-order valence-corrected chi connectivity index (χ2v) is 11.6. The fourth-order valence-corrected chi connectivity index (χ4v) is 4.72. The molecule has 0 unspecified atom stereocenters. The number of hydrogen-bond donors (Lipinski definition) is 4. The zero-order valence-electron chi connectivity index (χ0n) is 28.2. The largest absolute Gasteiger partial charge is 0.503 e. The highest BCUT2D eigenvalue weighted by atomic mass is 16.6. The van der Waals surface area contributed by atoms with E-state index in [2.05, 4.69) is 38.2 Å². The Morgan fingerprint density at radius 2 is 0.571 bits per heavy atom. The van der Waals surface area contributed by atoms with Gasteiger partial charge in [0.2, 0.25) is 0 Å². The van der Waals surface area contributed by atoms with E-state index in [1.54, 1.807) is 0 Å². The zero-order chi connectivity index (χ0) is 31.6. The number of aliphatic hydroxyl groups is 2. The van der Waals surface area contributed by atoms with Crippen molar-refractivity contribution < 1.29 is 25.2 Å². The minimum atomic E-state index is -1.83. The van der Waals surface area contributed by atoms with Gasteiger partial charge in [0, 0.05) is 13.2 Å². The average molecular weight is 599 g/mol. The van der Waals surface area contributed by atoms with E-state index in [0.717, 1.165) is 12.8 Å². The van der Waals surface area contributed by atoms with Crippen LogP contribution in [0.5, 0.6) is 0 Å². The molecule has 0 aliphatic rings. The summed E-state index contributed by atoms with van der Waals surface area (Å²) in [5, 5.41) is 31.3. The molecule has 0 aliphatic heterocycles. The molecule has 0 rings (SSSR count). The number of hydrogen-bond acceptors (Lipinski definition) is 3. The minimum absolute atomic E-state index is 0.362. The number of allylic oxidation sites excluding steroid dienone is 4. The second kappa shape index (κ2) is 46.6. The summed E-state index contributed by atoms with van der Waals surface area (Å²) >= 11 is 0. The van der Waals surface area contributed by atoms with Gasteiger partial charge in [-0.3, -0.25) is 0 Å². The number of aliphatic hydroxyl groups excluding tert-OH is 2. The van der Waals surface area contributed by atoms with Crippen LogP contribution >= 0.6 is 0 Å². The first kappa shape index (κ1) is 45.1. The average Bonchev–Trinajstić information content (AvgIpc) is 2.97. The SMILES string of the molecule is CCCCCCCCC=CCCCCCCCCO.CCCCCCCCC=CCCCCCCCCO.O=C(O)O. The molecule has 0 fully saturated rings. The molecule has 0 amide bonds. The molecule has 0 bridgehead atoms. The van der Waals surface area contributed by atoms with Gasteiger partial charge in [0.15, 0.2) is 0 Å². The van der Waals surface area contributed by atoms with Gasteiger partial charge in [-0.25, -0.2) is 4.79 Å². The molecule has 0 heterocycles. The van der Waals surface area contributed by atoms with Crippen molar-refractivity contribution in [2.24, 2.45) is 0 Å². The molecule has 5 nitrogen and oxygen atoms in total. The smallest absolute Gasteiger partial charge is 0.450 e. The van der Waals surface area contributed by atoms with E-state index in [1.807, 2.05) is 0 Å². The molecule has 0 aromatic heterocycles. The van der Waals surface area contributed by atoms with Crippen LogP contribution < -0.4 is 0 Å². The third-order valence-corrected chi connectivity index (χ3v) is 7.34. The van der Waals surface area contributed by atoms with Gasteiger partial charge in [-0.15, -0.1) is 0 Å². The maximum atomic E-state index is 8.66. The molecule has 0 aromatic rings. The predicted molar refractivity (Wildman–Crippen MR) is 184 cm³/mol. The van der Waals surface area contributed by atoms with Crippen molar-refractivity contribution in [2.45, 2.75) is 194 Å². The van der Waals surface area contributed by atoms with Crippen molar-refractivity contribution in [1.29, 1.82) is 0 Å². The molecule has 0 aliphatic carbocycles. The van der Waals surface area contributed by atoms with Gasteiger partial charge in [-0.1, -0.05) is 154 Å². The molecule has 42 heavy (non-hydrogen) atoms. The predicted octanol–water partition coefficient (Wildman–Crippen LogP) is 12.3. The van der Waals surface area contributed by atoms with Gasteiger partial charge in [0.25, 0.3) is 0 Å². The highest BCUT2D eigenvalue weighted by Gasteiger charge is 1.92. The van der Waals surface area contributed by atoms with Crippen LogP contribution in [0.15, 0.2) is 24.3 Å². The van der Waals surface area contributed by atoms with Gasteiger partial charge < -0.3 is 20.4 Å². The maximum Gasteiger partial charge on any atom is 0.503 e. The number of unbranched alkanes of at least 4 members (excludes halogenated alkanes) is 24. The maximum absolute atomic E-state index is 8.66. The normalized spacial score (nSPS) is 11.0. The first-order valence-corrected chi connectivity index (χ1v) is 18.0. The van der Waals surface area contributed by atoms with Crippen molar-refractivity contribution in [3.8, 4) is 0 Å². The summed E-state index contributed by atoms with van der Waals surface area (Å²) in [4.78, 5) is 8.56. The van der Waals surface area contributed by atoms with E-state index in [0.29, 0.717) is 13.2 Å². The van der Waals surface area contributed by atoms with Gasteiger partial charge in [-0.2, -0.15) is 0 Å². The zero-order valence-corrected chi connectivity index (χ0v) is 28.2. The van der Waals surface area contributed by atoms with Crippen LogP contribution in [-0.4, -0.2) is 39.8 Å². The fraction of sp³-hybridized carbons (Fsp3) is 0.865. The van der Waals surface area contributed by atoms with Gasteiger partial charge >= 0.3 is 6.16 Å². The molecular weight excluding hydrogens is 524 g/mol. The Hall–Kier alpha value is -1.33. The van der Waals surface area contributed by atoms with Crippen LogP contribution in [0.4, 0.5) is 4.79 Å². The van der Waals surface area contributed by atoms with Crippen molar-refractivity contribution in [2.75, 3.05) is 13.2 Å². The lowest BCUT2D eigenvalue weighted by atomic mass is 10.1. The van der Waals surface area contributed by atoms with Crippen molar-refractivity contribution in [3.63, 3.8) is 0 Å². The summed E-state index contributed by atoms with van der Waals surface area (Å²) in [6, 6.07) is 0. The summed E-state index contributed by atoms with van der Waals surface area (Å²) in [6.07, 6.45) is 44.6. The van der Waals surface area contributed by atoms with Crippen molar-refractivity contribution in [1.82, 2.24) is 0 Å². The molecule has 0 saturated carbocycles. The Labute approximate surface area is 262 Å². The third-order valence-electron chi connectivity index (χ3n) is 7.34. The first-order chi connectivity index (χ1) is 20.6. The van der Waals surface area contributed by atoms with Crippen LogP contribution in [-0.2, 0) is 0 Å². The first-order valence-electron chi connectivity index (χ1n) is 18.0. The van der Waals surface area contributed by atoms with Crippen LogP contribution in [0.25, 0.3) is 0 Å². The molecule has 0 atom stereocenters. The lowest BCUT2D eigenvalue weighted by Crippen LogP contribution is -1.83. The molecule has 0 aromatic carbocycles. The summed E-state index contributed by atoms with van der Waals surface area (Å²) < 4.78 is 0. The monoisotopic (exact) mass is 599 g/mol. The lowest BCUT2D eigenvalue weighted by Gasteiger charge is -1.99. The van der Waals surface area contributed by atoms with E-state index in [4.69, 9.17) is 25.2 Å². The van der Waals surface area contributed by atoms with E-state index >= 15 is 0 Å². The van der Waals surface area contributed by atoms with Gasteiger partial charge in [-0.05, 0) is 64.2 Å². The molecular formula is C37H74O5. The Morgan fingerprint density at radius 3 is 0.786 bits per heavy atom. The Kier molecular flexibility index (Phi) is 50.1. The summed E-state index contributed by atoms with van der Waals surface area (Å²) in [5.74, 6) is 0. The molecule has 252 valence electrons. The summed E-state index contributed by atoms with van der Waals surface area (Å²) in [7, 11) is 0. The molecule has 5 heteroatoms. The topological polar surface area (TPSA) is 98.0 Å². The van der Waals surface area contributed by atoms with Gasteiger partial charge in [0.05, 0.1) is 0 Å². The van der Waals surface area contributed by atoms with Crippen LogP contribution in [0.3, 0.4) is 0 Å². The Morgan fingerprint density at radius 1 is 0.381 bits per heavy atom. The second-order valence-electron chi connectivity index (χ2n) is 11.6. The Bertz CT molecular complexity index is 474. The quantitative estimate of drug-likeness (QED) is 0.0487. The van der Waals surface area contributed by atoms with E-state index < -0.39 is 6.16 Å². The molecule has 4 N–H and O–H groups in total. The van der Waals surface area contributed by atoms with Crippen molar-refractivity contribution >= 4 is 6.16 Å². The van der Waals surface area contributed by atoms with Crippen LogP contribution in [0, 0.1) is 0 Å². The standard InChI is InChI=1S/2C18H36O.CH2O3/c2*1-2-3-4-5-6-7-8-9-10-11-12-13-14-15-16-17-18-19;2-1(3)4/h2*9-10,19H,2-8,11-18H2,1H3;(H2,2,3,4). The van der Waals surface area contributed by atoms with E-state index in [-0.39, 0.29) is 0 Å². The van der Waals surface area contributed by atoms with Crippen LogP contribution in [0.2, 0.25) is 0 Å². The van der Waals surface area contributed by atoms with Crippen LogP contribution in [0.1, 0.15) is 194 Å². The van der Waals surface area contributed by atoms with Crippen molar-refractivity contribution in [3.05, 3.63) is 24.3 Å². The third kappa shape index (κ3) is 58.3. The molecule has 0 spiro atoms. The minimum Gasteiger partial charge on any atom is -0.450 e. The highest BCUT2D eigenvalue weighted by molar-refractivity contribution is 5.53. The number of rotatable bonds is 30. The fourth-order valence-electron chi connectivity index (χ4n) is 4.72. The van der Waals surface area contributed by atoms with E-state index in [1.165, 1.54) is 167 Å².